The van der Waals surface area contributed by atoms with Gasteiger partial charge >= 0.3 is 11.7 Å². The van der Waals surface area contributed by atoms with Gasteiger partial charge < -0.3 is 15.4 Å². The molecule has 9 heteroatoms. The van der Waals surface area contributed by atoms with Crippen molar-refractivity contribution < 1.29 is 14.3 Å². The number of amides is 1. The first-order chi connectivity index (χ1) is 14.9. The van der Waals surface area contributed by atoms with Gasteiger partial charge in [-0.25, -0.2) is 9.59 Å². The second kappa shape index (κ2) is 11.5. The monoisotopic (exact) mass is 428 g/mol. The molecule has 3 N–H and O–H groups in total. The normalized spacial score (nSPS) is 10.9. The van der Waals surface area contributed by atoms with Crippen LogP contribution in [-0.2, 0) is 20.9 Å². The number of hydrogen-bond acceptors (Lipinski definition) is 6. The Morgan fingerprint density at radius 3 is 2.52 bits per heavy atom. The smallest absolute Gasteiger partial charge is 0.331 e. The Labute approximate surface area is 180 Å². The van der Waals surface area contributed by atoms with Crippen LogP contribution in [0.4, 0.5) is 11.5 Å². The number of carbonyl (C=O) groups is 2. The van der Waals surface area contributed by atoms with Crippen LogP contribution in [0, 0.1) is 0 Å². The number of ether oxygens (including phenoxy) is 1. The third-order valence-corrected chi connectivity index (χ3v) is 4.52. The summed E-state index contributed by atoms with van der Waals surface area (Å²) in [6.07, 6.45) is 4.77. The molecule has 1 amide bonds. The third-order valence-electron chi connectivity index (χ3n) is 4.52. The number of nitrogens with one attached hydrogen (secondary N) is 1. The van der Waals surface area contributed by atoms with Gasteiger partial charge in [0.05, 0.1) is 0 Å². The Hall–Kier alpha value is -3.62. The molecule has 0 saturated carbocycles. The van der Waals surface area contributed by atoms with Crippen molar-refractivity contribution in [2.75, 3.05) is 23.8 Å². The number of nitrogens with two attached hydrogens (primary N) is 1. The maximum Gasteiger partial charge on any atom is 0.331 e. The number of carbonyl (C=O) groups excluding carboxylic acids is 2. The van der Waals surface area contributed by atoms with Crippen LogP contribution >= 0.6 is 0 Å². The van der Waals surface area contributed by atoms with E-state index in [0.29, 0.717) is 19.4 Å². The van der Waals surface area contributed by atoms with Crippen molar-refractivity contribution in [1.82, 2.24) is 9.55 Å². The minimum atomic E-state index is -0.755. The average Bonchev–Trinajstić information content (AvgIpc) is 2.76. The van der Waals surface area contributed by atoms with Gasteiger partial charge in [-0.3, -0.25) is 19.1 Å². The molecule has 0 fully saturated rings. The lowest BCUT2D eigenvalue weighted by molar-refractivity contribution is -0.142. The Kier molecular flexibility index (Phi) is 8.80. The van der Waals surface area contributed by atoms with Crippen LogP contribution < -0.4 is 21.9 Å². The zero-order valence-electron chi connectivity index (χ0n) is 17.8. The molecule has 1 aromatic heterocycles. The van der Waals surface area contributed by atoms with Gasteiger partial charge in [0.15, 0.2) is 12.3 Å². The van der Waals surface area contributed by atoms with Crippen LogP contribution in [0.1, 0.15) is 38.7 Å². The molecule has 0 spiro atoms. The first-order valence-electron chi connectivity index (χ1n) is 10.2. The molecular weight excluding hydrogens is 400 g/mol. The molecule has 2 aromatic rings. The first-order valence-corrected chi connectivity index (χ1v) is 10.2. The standard InChI is InChI=1S/C22H28N4O5/c1-3-5-14-25(19-20(23)26(13-4-2)22(30)24-21(19)29)17(27)15-31-18(28)12-11-16-9-7-6-8-10-16/h6-12H,3-5,13-15,23H2,1-2H3,(H,24,29,30)/b12-11+. The van der Waals surface area contributed by atoms with Crippen LogP contribution in [0.2, 0.25) is 0 Å². The highest BCUT2D eigenvalue weighted by Crippen LogP contribution is 2.18. The molecule has 31 heavy (non-hydrogen) atoms. The first kappa shape index (κ1) is 23.7. The number of rotatable bonds is 10. The lowest BCUT2D eigenvalue weighted by Gasteiger charge is -2.24. The fraction of sp³-hybridized carbons (Fsp3) is 0.364. The molecule has 9 nitrogen and oxygen atoms in total. The fourth-order valence-electron chi connectivity index (χ4n) is 2.95. The van der Waals surface area contributed by atoms with E-state index >= 15 is 0 Å². The highest BCUT2D eigenvalue weighted by molar-refractivity contribution is 5.98. The van der Waals surface area contributed by atoms with E-state index < -0.39 is 29.7 Å². The molecule has 0 aliphatic carbocycles. The molecule has 1 heterocycles. The number of nitrogens with zero attached hydrogens (tertiary/aromatic N) is 2. The van der Waals surface area contributed by atoms with Crippen LogP contribution in [0.25, 0.3) is 6.08 Å². The van der Waals surface area contributed by atoms with Crippen molar-refractivity contribution in [2.24, 2.45) is 0 Å². The van der Waals surface area contributed by atoms with Crippen molar-refractivity contribution in [3.05, 3.63) is 62.8 Å². The topological polar surface area (TPSA) is 127 Å². The van der Waals surface area contributed by atoms with Gasteiger partial charge in [-0.2, -0.15) is 0 Å². The lowest BCUT2D eigenvalue weighted by Crippen LogP contribution is -2.43. The fourth-order valence-corrected chi connectivity index (χ4v) is 2.95. The summed E-state index contributed by atoms with van der Waals surface area (Å²) >= 11 is 0. The summed E-state index contributed by atoms with van der Waals surface area (Å²) in [7, 11) is 0. The summed E-state index contributed by atoms with van der Waals surface area (Å²) in [5.74, 6) is -1.38. The summed E-state index contributed by atoms with van der Waals surface area (Å²) < 4.78 is 6.27. The zero-order valence-corrected chi connectivity index (χ0v) is 17.8. The van der Waals surface area contributed by atoms with Gasteiger partial charge in [-0.05, 0) is 24.5 Å². The van der Waals surface area contributed by atoms with E-state index in [4.69, 9.17) is 10.5 Å². The molecule has 0 aliphatic rings. The predicted molar refractivity (Wildman–Crippen MR) is 120 cm³/mol. The minimum Gasteiger partial charge on any atom is -0.452 e. The van der Waals surface area contributed by atoms with Crippen LogP contribution in [0.15, 0.2) is 46.0 Å². The highest BCUT2D eigenvalue weighted by atomic mass is 16.5. The number of anilines is 2. The van der Waals surface area contributed by atoms with Crippen LogP contribution in [0.5, 0.6) is 0 Å². The Morgan fingerprint density at radius 2 is 1.87 bits per heavy atom. The summed E-state index contributed by atoms with van der Waals surface area (Å²) in [5.41, 5.74) is 5.40. The lowest BCUT2D eigenvalue weighted by atomic mass is 10.2. The molecular formula is C22H28N4O5. The third kappa shape index (κ3) is 6.43. The van der Waals surface area contributed by atoms with E-state index in [1.807, 2.05) is 44.2 Å². The summed E-state index contributed by atoms with van der Waals surface area (Å²) in [6.45, 7) is 3.73. The van der Waals surface area contributed by atoms with Crippen molar-refractivity contribution in [3.8, 4) is 0 Å². The van der Waals surface area contributed by atoms with Gasteiger partial charge in [-0.1, -0.05) is 50.6 Å². The summed E-state index contributed by atoms with van der Waals surface area (Å²) in [4.78, 5) is 52.7. The number of unbranched alkanes of at least 4 members (excludes halogenated alkanes) is 1. The van der Waals surface area contributed by atoms with Crippen LogP contribution in [0.3, 0.4) is 0 Å². The van der Waals surface area contributed by atoms with Crippen molar-refractivity contribution >= 4 is 29.5 Å². The number of nitrogen functional groups attached to an aromatic ring is 1. The number of H-pyrrole nitrogens is 1. The minimum absolute atomic E-state index is 0.0876. The highest BCUT2D eigenvalue weighted by Gasteiger charge is 2.24. The Balaban J connectivity index is 2.20. The predicted octanol–water partition coefficient (Wildman–Crippen LogP) is 1.92. The van der Waals surface area contributed by atoms with E-state index in [1.165, 1.54) is 15.5 Å². The molecule has 0 radical (unpaired) electrons. The van der Waals surface area contributed by atoms with E-state index in [1.54, 1.807) is 6.08 Å². The van der Waals surface area contributed by atoms with Crippen molar-refractivity contribution in [2.45, 2.75) is 39.7 Å². The van der Waals surface area contributed by atoms with Gasteiger partial charge in [-0.15, -0.1) is 0 Å². The quantitative estimate of drug-likeness (QED) is 0.440. The van der Waals surface area contributed by atoms with Crippen molar-refractivity contribution in [3.63, 3.8) is 0 Å². The average molecular weight is 428 g/mol. The summed E-state index contributed by atoms with van der Waals surface area (Å²) in [6, 6.07) is 9.17. The number of aromatic nitrogens is 2. The van der Waals surface area contributed by atoms with Gasteiger partial charge in [0.2, 0.25) is 0 Å². The molecule has 0 unspecified atom stereocenters. The molecule has 0 saturated heterocycles. The van der Waals surface area contributed by atoms with Crippen LogP contribution in [-0.4, -0.2) is 34.6 Å². The second-order valence-electron chi connectivity index (χ2n) is 6.90. The van der Waals surface area contributed by atoms with Gasteiger partial charge in [0.1, 0.15) is 5.82 Å². The van der Waals surface area contributed by atoms with E-state index in [2.05, 4.69) is 4.98 Å². The maximum absolute atomic E-state index is 12.8. The molecule has 166 valence electrons. The van der Waals surface area contributed by atoms with Gasteiger partial charge in [0.25, 0.3) is 11.5 Å². The molecule has 0 aliphatic heterocycles. The molecule has 0 bridgehead atoms. The summed E-state index contributed by atoms with van der Waals surface area (Å²) in [5, 5.41) is 0. The number of esters is 1. The maximum atomic E-state index is 12.8. The Bertz CT molecular complexity index is 1040. The van der Waals surface area contributed by atoms with Gasteiger partial charge in [0, 0.05) is 19.2 Å². The molecule has 1 aromatic carbocycles. The number of aromatic amines is 1. The van der Waals surface area contributed by atoms with E-state index in [0.717, 1.165) is 12.0 Å². The number of benzene rings is 1. The zero-order chi connectivity index (χ0) is 22.8. The molecule has 2 rings (SSSR count). The SMILES string of the molecule is CCCCN(C(=O)COC(=O)/C=C/c1ccccc1)c1c(N)n(CCC)c(=O)[nH]c1=O. The Morgan fingerprint density at radius 1 is 1.16 bits per heavy atom. The molecule has 0 atom stereocenters. The largest absolute Gasteiger partial charge is 0.452 e. The second-order valence-corrected chi connectivity index (χ2v) is 6.90. The number of hydrogen-bond donors (Lipinski definition) is 2. The van der Waals surface area contributed by atoms with Crippen molar-refractivity contribution in [1.29, 1.82) is 0 Å². The van der Waals surface area contributed by atoms with E-state index in [9.17, 15) is 19.2 Å². The van der Waals surface area contributed by atoms with E-state index in [-0.39, 0.29) is 18.1 Å².